The predicted molar refractivity (Wildman–Crippen MR) is 60.7 cm³/mol. The Morgan fingerprint density at radius 3 is 2.81 bits per heavy atom. The molecular weight excluding hydrogens is 228 g/mol. The molecule has 0 saturated heterocycles. The SMILES string of the molecule is Cc1ncc(C(=O)NCCCCC(=O)O)s1. The maximum absolute atomic E-state index is 11.5. The molecule has 0 aliphatic heterocycles. The summed E-state index contributed by atoms with van der Waals surface area (Å²) in [5.41, 5.74) is 0. The summed E-state index contributed by atoms with van der Waals surface area (Å²) in [5, 5.41) is 12.0. The van der Waals surface area contributed by atoms with Crippen molar-refractivity contribution in [3.63, 3.8) is 0 Å². The van der Waals surface area contributed by atoms with E-state index in [4.69, 9.17) is 5.11 Å². The van der Waals surface area contributed by atoms with Crippen LogP contribution in [0.5, 0.6) is 0 Å². The highest BCUT2D eigenvalue weighted by Crippen LogP contribution is 2.10. The van der Waals surface area contributed by atoms with Crippen molar-refractivity contribution in [2.75, 3.05) is 6.54 Å². The number of hydrogen-bond donors (Lipinski definition) is 2. The van der Waals surface area contributed by atoms with Crippen LogP contribution in [-0.2, 0) is 4.79 Å². The van der Waals surface area contributed by atoms with Gasteiger partial charge in [0.1, 0.15) is 4.88 Å². The standard InChI is InChI=1S/C10H14N2O3S/c1-7-12-6-8(16-7)10(15)11-5-3-2-4-9(13)14/h6H,2-5H2,1H3,(H,11,15)(H,13,14). The molecule has 0 aliphatic carbocycles. The van der Waals surface area contributed by atoms with Crippen molar-refractivity contribution in [2.24, 2.45) is 0 Å². The number of carbonyl (C=O) groups excluding carboxylic acids is 1. The third-order valence-corrected chi connectivity index (χ3v) is 2.86. The Balaban J connectivity index is 2.18. The first kappa shape index (κ1) is 12.6. The summed E-state index contributed by atoms with van der Waals surface area (Å²) in [6, 6.07) is 0. The summed E-state index contributed by atoms with van der Waals surface area (Å²) in [5.74, 6) is -0.940. The lowest BCUT2D eigenvalue weighted by Gasteiger charge is -2.01. The van der Waals surface area contributed by atoms with E-state index in [9.17, 15) is 9.59 Å². The van der Waals surface area contributed by atoms with E-state index in [0.717, 1.165) is 5.01 Å². The van der Waals surface area contributed by atoms with E-state index >= 15 is 0 Å². The van der Waals surface area contributed by atoms with E-state index in [1.165, 1.54) is 11.3 Å². The molecule has 16 heavy (non-hydrogen) atoms. The first-order valence-electron chi connectivity index (χ1n) is 5.02. The molecule has 0 spiro atoms. The second kappa shape index (κ2) is 6.22. The number of hydrogen-bond acceptors (Lipinski definition) is 4. The second-order valence-corrected chi connectivity index (χ2v) is 4.59. The van der Waals surface area contributed by atoms with Gasteiger partial charge in [-0.2, -0.15) is 0 Å². The van der Waals surface area contributed by atoms with Crippen LogP contribution in [0.1, 0.15) is 33.9 Å². The lowest BCUT2D eigenvalue weighted by molar-refractivity contribution is -0.137. The first-order chi connectivity index (χ1) is 7.59. The van der Waals surface area contributed by atoms with Crippen molar-refractivity contribution in [1.29, 1.82) is 0 Å². The van der Waals surface area contributed by atoms with Gasteiger partial charge in [0, 0.05) is 13.0 Å². The zero-order valence-electron chi connectivity index (χ0n) is 9.02. The number of aliphatic carboxylic acids is 1. The number of aryl methyl sites for hydroxylation is 1. The monoisotopic (exact) mass is 242 g/mol. The molecule has 1 rings (SSSR count). The van der Waals surface area contributed by atoms with Crippen LogP contribution in [0.25, 0.3) is 0 Å². The minimum Gasteiger partial charge on any atom is -0.481 e. The summed E-state index contributed by atoms with van der Waals surface area (Å²) in [4.78, 5) is 26.3. The van der Waals surface area contributed by atoms with Crippen molar-refractivity contribution in [1.82, 2.24) is 10.3 Å². The largest absolute Gasteiger partial charge is 0.481 e. The topological polar surface area (TPSA) is 79.3 Å². The Morgan fingerprint density at radius 1 is 1.50 bits per heavy atom. The highest BCUT2D eigenvalue weighted by atomic mass is 32.1. The fraction of sp³-hybridized carbons (Fsp3) is 0.500. The van der Waals surface area contributed by atoms with Crippen LogP contribution < -0.4 is 5.32 Å². The summed E-state index contributed by atoms with van der Waals surface area (Å²) < 4.78 is 0. The molecule has 0 aliphatic rings. The van der Waals surface area contributed by atoms with Gasteiger partial charge in [0.25, 0.3) is 5.91 Å². The molecule has 0 radical (unpaired) electrons. The van der Waals surface area contributed by atoms with E-state index in [2.05, 4.69) is 10.3 Å². The average Bonchev–Trinajstić information content (AvgIpc) is 2.63. The molecule has 0 fully saturated rings. The number of carboxylic acid groups (broad SMARTS) is 1. The minimum absolute atomic E-state index is 0.138. The Hall–Kier alpha value is -1.43. The van der Waals surface area contributed by atoms with E-state index < -0.39 is 5.97 Å². The van der Waals surface area contributed by atoms with Crippen LogP contribution in [0.3, 0.4) is 0 Å². The highest BCUT2D eigenvalue weighted by molar-refractivity contribution is 7.13. The van der Waals surface area contributed by atoms with Gasteiger partial charge in [0.05, 0.1) is 11.2 Å². The van der Waals surface area contributed by atoms with Crippen LogP contribution in [0, 0.1) is 6.92 Å². The second-order valence-electron chi connectivity index (χ2n) is 3.35. The molecule has 0 saturated carbocycles. The zero-order chi connectivity index (χ0) is 12.0. The fourth-order valence-corrected chi connectivity index (χ4v) is 1.85. The van der Waals surface area contributed by atoms with E-state index in [1.807, 2.05) is 6.92 Å². The first-order valence-corrected chi connectivity index (χ1v) is 5.83. The van der Waals surface area contributed by atoms with Crippen molar-refractivity contribution >= 4 is 23.2 Å². The number of unbranched alkanes of at least 4 members (excludes halogenated alkanes) is 1. The van der Waals surface area contributed by atoms with Gasteiger partial charge >= 0.3 is 5.97 Å². The molecule has 0 unspecified atom stereocenters. The van der Waals surface area contributed by atoms with Gasteiger partial charge in [0.15, 0.2) is 0 Å². The number of nitrogens with zero attached hydrogens (tertiary/aromatic N) is 1. The quantitative estimate of drug-likeness (QED) is 0.740. The molecule has 2 N–H and O–H groups in total. The normalized spacial score (nSPS) is 10.1. The molecule has 1 aromatic rings. The number of nitrogens with one attached hydrogen (secondary N) is 1. The van der Waals surface area contributed by atoms with Gasteiger partial charge in [-0.25, -0.2) is 4.98 Å². The summed E-state index contributed by atoms with van der Waals surface area (Å²) in [7, 11) is 0. The predicted octanol–water partition coefficient (Wildman–Crippen LogP) is 1.44. The molecule has 5 nitrogen and oxygen atoms in total. The number of thiazole rings is 1. The maximum Gasteiger partial charge on any atom is 0.303 e. The number of rotatable bonds is 6. The third-order valence-electron chi connectivity index (χ3n) is 1.95. The Labute approximate surface area is 97.5 Å². The van der Waals surface area contributed by atoms with Crippen LogP contribution in [0.4, 0.5) is 0 Å². The number of amides is 1. The molecular formula is C10H14N2O3S. The number of carboxylic acids is 1. The van der Waals surface area contributed by atoms with Crippen LogP contribution in [0.15, 0.2) is 6.20 Å². The van der Waals surface area contributed by atoms with Crippen molar-refractivity contribution in [2.45, 2.75) is 26.2 Å². The maximum atomic E-state index is 11.5. The highest BCUT2D eigenvalue weighted by Gasteiger charge is 2.07. The molecule has 6 heteroatoms. The molecule has 0 bridgehead atoms. The van der Waals surface area contributed by atoms with Gasteiger partial charge in [0.2, 0.25) is 0 Å². The lowest BCUT2D eigenvalue weighted by atomic mass is 10.2. The number of carbonyl (C=O) groups is 2. The molecule has 1 heterocycles. The Kier molecular flexibility index (Phi) is 4.91. The van der Waals surface area contributed by atoms with Gasteiger partial charge in [-0.1, -0.05) is 0 Å². The van der Waals surface area contributed by atoms with Gasteiger partial charge in [-0.3, -0.25) is 9.59 Å². The Morgan fingerprint density at radius 2 is 2.25 bits per heavy atom. The van der Waals surface area contributed by atoms with Crippen LogP contribution in [0.2, 0.25) is 0 Å². The summed E-state index contributed by atoms with van der Waals surface area (Å²) in [6.07, 6.45) is 2.95. The van der Waals surface area contributed by atoms with Gasteiger partial charge in [-0.05, 0) is 19.8 Å². The van der Waals surface area contributed by atoms with Gasteiger partial charge in [-0.15, -0.1) is 11.3 Å². The lowest BCUT2D eigenvalue weighted by Crippen LogP contribution is -2.23. The molecule has 1 amide bonds. The van der Waals surface area contributed by atoms with Gasteiger partial charge < -0.3 is 10.4 Å². The molecule has 0 atom stereocenters. The fourth-order valence-electron chi connectivity index (χ4n) is 1.16. The molecule has 1 aromatic heterocycles. The minimum atomic E-state index is -0.801. The molecule has 0 aromatic carbocycles. The van der Waals surface area contributed by atoms with Crippen molar-refractivity contribution in [3.8, 4) is 0 Å². The van der Waals surface area contributed by atoms with Crippen molar-refractivity contribution < 1.29 is 14.7 Å². The Bertz CT molecular complexity index is 376. The smallest absolute Gasteiger partial charge is 0.303 e. The van der Waals surface area contributed by atoms with Crippen LogP contribution in [-0.4, -0.2) is 28.5 Å². The molecule has 88 valence electrons. The van der Waals surface area contributed by atoms with Crippen molar-refractivity contribution in [3.05, 3.63) is 16.1 Å². The number of aromatic nitrogens is 1. The zero-order valence-corrected chi connectivity index (χ0v) is 9.84. The third kappa shape index (κ3) is 4.39. The summed E-state index contributed by atoms with van der Waals surface area (Å²) in [6.45, 7) is 2.34. The van der Waals surface area contributed by atoms with E-state index in [-0.39, 0.29) is 12.3 Å². The van der Waals surface area contributed by atoms with Crippen LogP contribution >= 0.6 is 11.3 Å². The van der Waals surface area contributed by atoms with E-state index in [0.29, 0.717) is 24.3 Å². The van der Waals surface area contributed by atoms with E-state index in [1.54, 1.807) is 6.20 Å². The summed E-state index contributed by atoms with van der Waals surface area (Å²) >= 11 is 1.35. The average molecular weight is 242 g/mol.